The van der Waals surface area contributed by atoms with Crippen molar-refractivity contribution in [1.82, 2.24) is 9.88 Å². The average molecular weight is 281 g/mol. The first-order valence-corrected chi connectivity index (χ1v) is 7.43. The van der Waals surface area contributed by atoms with Gasteiger partial charge in [-0.25, -0.2) is 0 Å². The average Bonchev–Trinajstić information content (AvgIpc) is 2.84. The molecule has 4 rings (SSSR count). The lowest BCUT2D eigenvalue weighted by Gasteiger charge is -2.39. The van der Waals surface area contributed by atoms with Crippen molar-refractivity contribution >= 4 is 22.4 Å². The fourth-order valence-corrected chi connectivity index (χ4v) is 3.93. The first-order valence-electron chi connectivity index (χ1n) is 7.43. The number of primary amides is 1. The first kappa shape index (κ1) is 12.7. The number of hydrogen-bond acceptors (Lipinski definition) is 2. The van der Waals surface area contributed by atoms with E-state index in [1.54, 1.807) is 0 Å². The number of benzene rings is 1. The number of nitrogens with two attached hydrogens (primary N) is 1. The molecule has 0 saturated heterocycles. The van der Waals surface area contributed by atoms with E-state index < -0.39 is 0 Å². The zero-order valence-corrected chi connectivity index (χ0v) is 12.1. The van der Waals surface area contributed by atoms with E-state index in [2.05, 4.69) is 47.4 Å². The molecule has 2 heterocycles. The number of nitrogens with one attached hydrogen (secondary N) is 1. The first-order chi connectivity index (χ1) is 10.1. The lowest BCUT2D eigenvalue weighted by molar-refractivity contribution is -0.118. The molecule has 0 unspecified atom stereocenters. The van der Waals surface area contributed by atoms with Crippen molar-refractivity contribution < 1.29 is 4.79 Å². The number of rotatable bonds is 2. The molecule has 21 heavy (non-hydrogen) atoms. The number of likely N-dealkylation sites (N-methyl/N-ethyl adjacent to an activating group) is 1. The second kappa shape index (κ2) is 4.46. The number of carbonyl (C=O) groups excluding carboxylic acids is 1. The number of nitrogens with zero attached hydrogens (tertiary/aromatic N) is 1. The van der Waals surface area contributed by atoms with Gasteiger partial charge in [-0.3, -0.25) is 9.69 Å². The van der Waals surface area contributed by atoms with Crippen molar-refractivity contribution in [3.05, 3.63) is 41.6 Å². The van der Waals surface area contributed by atoms with Gasteiger partial charge >= 0.3 is 0 Å². The highest BCUT2D eigenvalue weighted by Gasteiger charge is 2.33. The van der Waals surface area contributed by atoms with Gasteiger partial charge in [-0.05, 0) is 42.2 Å². The zero-order valence-electron chi connectivity index (χ0n) is 12.1. The molecule has 2 aliphatic rings. The van der Waals surface area contributed by atoms with Gasteiger partial charge in [0.15, 0.2) is 0 Å². The molecule has 1 aromatic heterocycles. The van der Waals surface area contributed by atoms with Crippen LogP contribution in [0.25, 0.3) is 16.5 Å². The Labute approximate surface area is 123 Å². The molecule has 1 aliphatic carbocycles. The van der Waals surface area contributed by atoms with Gasteiger partial charge in [0.05, 0.1) is 0 Å². The fraction of sp³-hybridized carbons (Fsp3) is 0.353. The van der Waals surface area contributed by atoms with Gasteiger partial charge in [0.1, 0.15) is 0 Å². The van der Waals surface area contributed by atoms with E-state index in [0.717, 1.165) is 13.0 Å². The molecule has 2 atom stereocenters. The maximum Gasteiger partial charge on any atom is 0.218 e. The summed E-state index contributed by atoms with van der Waals surface area (Å²) in [6.45, 7) is 0.896. The lowest BCUT2D eigenvalue weighted by atomic mass is 9.79. The van der Waals surface area contributed by atoms with Crippen LogP contribution in [0.2, 0.25) is 0 Å². The molecule has 3 N–H and O–H groups in total. The number of fused-ring (bicyclic) bond motifs is 2. The van der Waals surface area contributed by atoms with Crippen LogP contribution >= 0.6 is 0 Å². The summed E-state index contributed by atoms with van der Waals surface area (Å²) >= 11 is 0. The normalized spacial score (nSPS) is 24.7. The summed E-state index contributed by atoms with van der Waals surface area (Å²) in [7, 11) is 2.14. The van der Waals surface area contributed by atoms with Crippen molar-refractivity contribution in [2.24, 2.45) is 11.7 Å². The van der Waals surface area contributed by atoms with Crippen LogP contribution in [0, 0.1) is 5.92 Å². The Kier molecular flexibility index (Phi) is 2.69. The Morgan fingerprint density at radius 2 is 2.33 bits per heavy atom. The highest BCUT2D eigenvalue weighted by Crippen LogP contribution is 2.40. The summed E-state index contributed by atoms with van der Waals surface area (Å²) in [4.78, 5) is 17.0. The summed E-state index contributed by atoms with van der Waals surface area (Å²) in [5, 5.41) is 1.34. The molecule has 1 aliphatic heterocycles. The van der Waals surface area contributed by atoms with E-state index in [1.165, 1.54) is 27.6 Å². The molecular weight excluding hydrogens is 262 g/mol. The predicted octanol–water partition coefficient (Wildman–Crippen LogP) is 1.91. The van der Waals surface area contributed by atoms with Crippen LogP contribution in [0.5, 0.6) is 0 Å². The molecule has 0 spiro atoms. The third kappa shape index (κ3) is 1.90. The quantitative estimate of drug-likeness (QED) is 0.883. The second-order valence-electron chi connectivity index (χ2n) is 6.25. The van der Waals surface area contributed by atoms with Crippen LogP contribution in [0.3, 0.4) is 0 Å². The van der Waals surface area contributed by atoms with Gasteiger partial charge in [-0.15, -0.1) is 0 Å². The number of aromatic nitrogens is 1. The minimum atomic E-state index is -0.222. The maximum absolute atomic E-state index is 11.3. The predicted molar refractivity (Wildman–Crippen MR) is 83.7 cm³/mol. The second-order valence-corrected chi connectivity index (χ2v) is 6.25. The SMILES string of the molecule is CN1C[C@@H](CC(N)=O)C=C2c3cccc4[nH]cc(c34)C[C@H]21. The van der Waals surface area contributed by atoms with E-state index in [0.29, 0.717) is 12.5 Å². The molecule has 4 heteroatoms. The van der Waals surface area contributed by atoms with Crippen LogP contribution < -0.4 is 5.73 Å². The molecule has 0 saturated carbocycles. The van der Waals surface area contributed by atoms with Crippen LogP contribution in [0.15, 0.2) is 30.5 Å². The van der Waals surface area contributed by atoms with Gasteiger partial charge in [-0.2, -0.15) is 0 Å². The molecular formula is C17H19N3O. The summed E-state index contributed by atoms with van der Waals surface area (Å²) in [5.41, 5.74) is 10.6. The van der Waals surface area contributed by atoms with Crippen LogP contribution in [-0.4, -0.2) is 35.4 Å². The summed E-state index contributed by atoms with van der Waals surface area (Å²) in [5.74, 6) is -0.00505. The zero-order chi connectivity index (χ0) is 14.6. The van der Waals surface area contributed by atoms with E-state index in [9.17, 15) is 4.79 Å². The van der Waals surface area contributed by atoms with Gasteiger partial charge < -0.3 is 10.7 Å². The van der Waals surface area contributed by atoms with Crippen LogP contribution in [-0.2, 0) is 11.2 Å². The maximum atomic E-state index is 11.3. The van der Waals surface area contributed by atoms with Crippen molar-refractivity contribution in [1.29, 1.82) is 0 Å². The Morgan fingerprint density at radius 3 is 3.14 bits per heavy atom. The lowest BCUT2D eigenvalue weighted by Crippen LogP contribution is -2.43. The van der Waals surface area contributed by atoms with Crippen molar-refractivity contribution in [3.63, 3.8) is 0 Å². The smallest absolute Gasteiger partial charge is 0.218 e. The number of H-pyrrole nitrogens is 1. The molecule has 0 radical (unpaired) electrons. The Morgan fingerprint density at radius 1 is 1.48 bits per heavy atom. The van der Waals surface area contributed by atoms with Gasteiger partial charge in [0.25, 0.3) is 0 Å². The summed E-state index contributed by atoms with van der Waals surface area (Å²) in [6, 6.07) is 6.82. The highest BCUT2D eigenvalue weighted by molar-refractivity contribution is 5.98. The number of hydrogen-bond donors (Lipinski definition) is 2. The van der Waals surface area contributed by atoms with E-state index >= 15 is 0 Å². The number of aromatic amines is 1. The van der Waals surface area contributed by atoms with E-state index in [4.69, 9.17) is 5.73 Å². The molecule has 0 fully saturated rings. The van der Waals surface area contributed by atoms with Crippen LogP contribution in [0.4, 0.5) is 0 Å². The van der Waals surface area contributed by atoms with Gasteiger partial charge in [0.2, 0.25) is 5.91 Å². The van der Waals surface area contributed by atoms with E-state index in [1.807, 2.05) is 0 Å². The largest absolute Gasteiger partial charge is 0.370 e. The standard InChI is InChI=1S/C17H19N3O/c1-20-9-10(6-16(18)21)5-13-12-3-2-4-14-17(12)11(8-19-14)7-15(13)20/h2-5,8,10,15,19H,6-7,9H2,1H3,(H2,18,21)/t10-,15-/m1/s1. The monoisotopic (exact) mass is 281 g/mol. The molecule has 4 nitrogen and oxygen atoms in total. The third-order valence-corrected chi connectivity index (χ3v) is 4.80. The molecule has 108 valence electrons. The Balaban J connectivity index is 1.87. The van der Waals surface area contributed by atoms with Crippen molar-refractivity contribution in [2.45, 2.75) is 18.9 Å². The number of amides is 1. The van der Waals surface area contributed by atoms with Gasteiger partial charge in [-0.1, -0.05) is 18.2 Å². The summed E-state index contributed by atoms with van der Waals surface area (Å²) < 4.78 is 0. The number of carbonyl (C=O) groups is 1. The van der Waals surface area contributed by atoms with E-state index in [-0.39, 0.29) is 11.8 Å². The fourth-order valence-electron chi connectivity index (χ4n) is 3.93. The van der Waals surface area contributed by atoms with Gasteiger partial charge in [0, 0.05) is 36.1 Å². The Bertz CT molecular complexity index is 758. The third-order valence-electron chi connectivity index (χ3n) is 4.80. The van der Waals surface area contributed by atoms with Crippen molar-refractivity contribution in [2.75, 3.05) is 13.6 Å². The van der Waals surface area contributed by atoms with Crippen molar-refractivity contribution in [3.8, 4) is 0 Å². The minimum absolute atomic E-state index is 0.217. The minimum Gasteiger partial charge on any atom is -0.370 e. The van der Waals surface area contributed by atoms with Crippen LogP contribution in [0.1, 0.15) is 17.5 Å². The molecule has 1 amide bonds. The molecule has 1 aromatic carbocycles. The Hall–Kier alpha value is -2.07. The highest BCUT2D eigenvalue weighted by atomic mass is 16.1. The summed E-state index contributed by atoms with van der Waals surface area (Å²) in [6.07, 6.45) is 5.87. The molecule has 2 aromatic rings. The molecule has 0 bridgehead atoms. The topological polar surface area (TPSA) is 62.1 Å².